The van der Waals surface area contributed by atoms with Gasteiger partial charge >= 0.3 is 5.97 Å². The van der Waals surface area contributed by atoms with Gasteiger partial charge in [0.25, 0.3) is 5.91 Å². The number of esters is 1. The zero-order chi connectivity index (χ0) is 18.1. The normalized spacial score (nSPS) is 11.2. The average Bonchev–Trinajstić information content (AvgIpc) is 2.66. The molecule has 0 fully saturated rings. The van der Waals surface area contributed by atoms with Crippen LogP contribution in [0.1, 0.15) is 28.4 Å². The first-order chi connectivity index (χ1) is 12.1. The molecule has 0 aliphatic carbocycles. The van der Waals surface area contributed by atoms with E-state index in [1.807, 2.05) is 42.5 Å². The highest BCUT2D eigenvalue weighted by Gasteiger charge is 2.21. The van der Waals surface area contributed by atoms with Crippen molar-refractivity contribution >= 4 is 24.3 Å². The first-order valence-corrected chi connectivity index (χ1v) is 8.41. The molecule has 0 radical (unpaired) electrons. The van der Waals surface area contributed by atoms with Crippen LogP contribution >= 0.6 is 12.4 Å². The lowest BCUT2D eigenvalue weighted by Crippen LogP contribution is -2.35. The Bertz CT molecular complexity index is 690. The Kier molecular flexibility index (Phi) is 9.41. The summed E-state index contributed by atoms with van der Waals surface area (Å²) in [6, 6.07) is 16.8. The molecule has 140 valence electrons. The smallest absolute Gasteiger partial charge is 0.311 e. The monoisotopic (exact) mass is 376 g/mol. The Morgan fingerprint density at radius 3 is 2.27 bits per heavy atom. The number of hydrogen-bond acceptors (Lipinski definition) is 4. The van der Waals surface area contributed by atoms with E-state index in [0.29, 0.717) is 25.1 Å². The van der Waals surface area contributed by atoms with E-state index in [4.69, 9.17) is 10.5 Å². The van der Waals surface area contributed by atoms with Crippen LogP contribution in [0.15, 0.2) is 54.6 Å². The summed E-state index contributed by atoms with van der Waals surface area (Å²) >= 11 is 0. The van der Waals surface area contributed by atoms with Gasteiger partial charge in [0.15, 0.2) is 0 Å². The number of benzene rings is 2. The van der Waals surface area contributed by atoms with Crippen molar-refractivity contribution in [1.29, 1.82) is 0 Å². The Morgan fingerprint density at radius 1 is 1.04 bits per heavy atom. The summed E-state index contributed by atoms with van der Waals surface area (Å²) in [5.74, 6) is -0.939. The van der Waals surface area contributed by atoms with E-state index in [1.54, 1.807) is 19.1 Å². The average molecular weight is 377 g/mol. The number of carbonyl (C=O) groups is 2. The minimum Gasteiger partial charge on any atom is -0.466 e. The lowest BCUT2D eigenvalue weighted by Gasteiger charge is -2.16. The minimum atomic E-state index is -0.422. The van der Waals surface area contributed by atoms with Crippen LogP contribution in [0.3, 0.4) is 0 Å². The topological polar surface area (TPSA) is 81.4 Å². The molecule has 0 heterocycles. The Labute approximate surface area is 160 Å². The van der Waals surface area contributed by atoms with Gasteiger partial charge in [-0.1, -0.05) is 42.5 Å². The number of hydrogen-bond donors (Lipinski definition) is 2. The molecule has 5 nitrogen and oxygen atoms in total. The second-order valence-corrected chi connectivity index (χ2v) is 5.75. The molecule has 2 rings (SSSR count). The SMILES string of the molecule is CCOC(=O)C(CNC(=O)c1ccc(CN)cc1)Cc1ccccc1.Cl. The highest BCUT2D eigenvalue weighted by atomic mass is 35.5. The number of nitrogens with one attached hydrogen (secondary N) is 1. The Hall–Kier alpha value is -2.37. The number of rotatable bonds is 8. The molecule has 0 aromatic heterocycles. The molecule has 2 aromatic rings. The van der Waals surface area contributed by atoms with Gasteiger partial charge in [-0.3, -0.25) is 9.59 Å². The van der Waals surface area contributed by atoms with Crippen molar-refractivity contribution < 1.29 is 14.3 Å². The van der Waals surface area contributed by atoms with Gasteiger partial charge in [0.2, 0.25) is 0 Å². The molecular weight excluding hydrogens is 352 g/mol. The second-order valence-electron chi connectivity index (χ2n) is 5.75. The Morgan fingerprint density at radius 2 is 1.69 bits per heavy atom. The molecule has 0 aliphatic rings. The van der Waals surface area contributed by atoms with E-state index in [9.17, 15) is 9.59 Å². The van der Waals surface area contributed by atoms with E-state index < -0.39 is 5.92 Å². The quantitative estimate of drug-likeness (QED) is 0.694. The van der Waals surface area contributed by atoms with Crippen molar-refractivity contribution in [3.63, 3.8) is 0 Å². The summed E-state index contributed by atoms with van der Waals surface area (Å²) < 4.78 is 5.14. The maximum absolute atomic E-state index is 12.3. The fourth-order valence-electron chi connectivity index (χ4n) is 2.51. The van der Waals surface area contributed by atoms with Crippen LogP contribution in [0, 0.1) is 5.92 Å². The van der Waals surface area contributed by atoms with Gasteiger partial charge in [0, 0.05) is 18.7 Å². The molecular formula is C20H25ClN2O3. The van der Waals surface area contributed by atoms with E-state index >= 15 is 0 Å². The minimum absolute atomic E-state index is 0. The molecule has 2 aromatic carbocycles. The summed E-state index contributed by atoms with van der Waals surface area (Å²) in [6.07, 6.45) is 0.520. The molecule has 0 saturated carbocycles. The number of nitrogens with two attached hydrogens (primary N) is 1. The van der Waals surface area contributed by atoms with Crippen LogP contribution in [0.2, 0.25) is 0 Å². The number of ether oxygens (including phenoxy) is 1. The van der Waals surface area contributed by atoms with Gasteiger partial charge in [-0.25, -0.2) is 0 Å². The first-order valence-electron chi connectivity index (χ1n) is 8.41. The molecule has 6 heteroatoms. The number of carbonyl (C=O) groups excluding carboxylic acids is 2. The van der Waals surface area contributed by atoms with Gasteiger partial charge in [0.1, 0.15) is 0 Å². The Balaban J connectivity index is 0.00000338. The van der Waals surface area contributed by atoms with Gasteiger partial charge < -0.3 is 15.8 Å². The fraction of sp³-hybridized carbons (Fsp3) is 0.300. The van der Waals surface area contributed by atoms with Crippen LogP contribution in [-0.4, -0.2) is 25.0 Å². The lowest BCUT2D eigenvalue weighted by atomic mass is 9.99. The van der Waals surface area contributed by atoms with Crippen LogP contribution in [0.5, 0.6) is 0 Å². The van der Waals surface area contributed by atoms with Crippen molar-refractivity contribution in [3.8, 4) is 0 Å². The molecule has 26 heavy (non-hydrogen) atoms. The van der Waals surface area contributed by atoms with Crippen LogP contribution in [-0.2, 0) is 22.5 Å². The van der Waals surface area contributed by atoms with Gasteiger partial charge in [-0.15, -0.1) is 12.4 Å². The molecule has 0 bridgehead atoms. The lowest BCUT2D eigenvalue weighted by molar-refractivity contribution is -0.147. The maximum atomic E-state index is 12.3. The second kappa shape index (κ2) is 11.3. The van der Waals surface area contributed by atoms with Crippen LogP contribution < -0.4 is 11.1 Å². The third kappa shape index (κ3) is 6.50. The molecule has 0 spiro atoms. The molecule has 1 amide bonds. The molecule has 1 atom stereocenters. The summed E-state index contributed by atoms with van der Waals surface area (Å²) in [6.45, 7) is 2.75. The third-order valence-corrected chi connectivity index (χ3v) is 3.91. The van der Waals surface area contributed by atoms with Crippen LogP contribution in [0.4, 0.5) is 0 Å². The zero-order valence-corrected chi connectivity index (χ0v) is 15.6. The molecule has 3 N–H and O–H groups in total. The maximum Gasteiger partial charge on any atom is 0.311 e. The van der Waals surface area contributed by atoms with Crippen molar-refractivity contribution in [3.05, 3.63) is 71.3 Å². The predicted molar refractivity (Wildman–Crippen MR) is 104 cm³/mol. The van der Waals surface area contributed by atoms with Crippen molar-refractivity contribution in [1.82, 2.24) is 5.32 Å². The molecule has 0 aliphatic heterocycles. The predicted octanol–water partition coefficient (Wildman–Crippen LogP) is 2.72. The van der Waals surface area contributed by atoms with E-state index in [2.05, 4.69) is 5.32 Å². The van der Waals surface area contributed by atoms with Crippen molar-refractivity contribution in [2.75, 3.05) is 13.2 Å². The summed E-state index contributed by atoms with van der Waals surface area (Å²) in [5.41, 5.74) is 8.09. The highest BCUT2D eigenvalue weighted by Crippen LogP contribution is 2.11. The van der Waals surface area contributed by atoms with E-state index in [-0.39, 0.29) is 30.8 Å². The number of halogens is 1. The summed E-state index contributed by atoms with van der Waals surface area (Å²) in [5, 5.41) is 2.83. The van der Waals surface area contributed by atoms with Gasteiger partial charge in [0.05, 0.1) is 12.5 Å². The van der Waals surface area contributed by atoms with E-state index in [1.165, 1.54) is 0 Å². The van der Waals surface area contributed by atoms with Gasteiger partial charge in [-0.2, -0.15) is 0 Å². The van der Waals surface area contributed by atoms with Crippen molar-refractivity contribution in [2.45, 2.75) is 19.9 Å². The summed E-state index contributed by atoms with van der Waals surface area (Å²) in [4.78, 5) is 24.5. The van der Waals surface area contributed by atoms with Crippen LogP contribution in [0.25, 0.3) is 0 Å². The van der Waals surface area contributed by atoms with E-state index in [0.717, 1.165) is 11.1 Å². The fourth-order valence-corrected chi connectivity index (χ4v) is 2.51. The highest BCUT2D eigenvalue weighted by molar-refractivity contribution is 5.94. The summed E-state index contributed by atoms with van der Waals surface area (Å²) in [7, 11) is 0. The number of amides is 1. The zero-order valence-electron chi connectivity index (χ0n) is 14.8. The molecule has 1 unspecified atom stereocenters. The standard InChI is InChI=1S/C20H24N2O3.ClH/c1-2-25-20(24)18(12-15-6-4-3-5-7-15)14-22-19(23)17-10-8-16(13-21)9-11-17;/h3-11,18H,2,12-14,21H2,1H3,(H,22,23);1H. The first kappa shape index (κ1) is 21.7. The third-order valence-electron chi connectivity index (χ3n) is 3.91. The van der Waals surface area contributed by atoms with Gasteiger partial charge in [-0.05, 0) is 36.6 Å². The van der Waals surface area contributed by atoms with Crippen molar-refractivity contribution in [2.24, 2.45) is 11.7 Å². The largest absolute Gasteiger partial charge is 0.466 e. The molecule has 0 saturated heterocycles.